The van der Waals surface area contributed by atoms with Crippen LogP contribution < -0.4 is 20.1 Å². The van der Waals surface area contributed by atoms with E-state index in [1.165, 1.54) is 25.6 Å². The fraction of sp³-hybridized carbons (Fsp3) is 0.150. The van der Waals surface area contributed by atoms with Crippen molar-refractivity contribution in [3.05, 3.63) is 64.1 Å². The molecule has 9 heteroatoms. The van der Waals surface area contributed by atoms with Crippen molar-refractivity contribution in [2.75, 3.05) is 24.9 Å². The van der Waals surface area contributed by atoms with Crippen LogP contribution in [-0.4, -0.2) is 31.0 Å². The second kappa shape index (κ2) is 9.40. The number of hydrogen-bond acceptors (Lipinski definition) is 6. The molecular weight excluding hydrogens is 414 g/mol. The smallest absolute Gasteiger partial charge is 0.275 e. The van der Waals surface area contributed by atoms with Crippen molar-refractivity contribution in [1.29, 1.82) is 0 Å². The van der Waals surface area contributed by atoms with Gasteiger partial charge in [0, 0.05) is 17.5 Å². The molecule has 1 heterocycles. The fourth-order valence-electron chi connectivity index (χ4n) is 2.52. The lowest BCUT2D eigenvalue weighted by molar-refractivity contribution is -0.115. The van der Waals surface area contributed by atoms with Crippen LogP contribution in [0.15, 0.2) is 47.8 Å². The average Bonchev–Trinajstić information content (AvgIpc) is 3.18. The van der Waals surface area contributed by atoms with Crippen molar-refractivity contribution in [3.63, 3.8) is 0 Å². The topological polar surface area (TPSA) is 89.6 Å². The summed E-state index contributed by atoms with van der Waals surface area (Å²) < 4.78 is 10.4. The summed E-state index contributed by atoms with van der Waals surface area (Å²) in [6, 6.07) is 12.5. The Labute approximate surface area is 176 Å². The molecule has 0 aliphatic heterocycles. The number of halogens is 1. The zero-order valence-corrected chi connectivity index (χ0v) is 17.3. The molecule has 0 saturated heterocycles. The Kier molecular flexibility index (Phi) is 6.69. The van der Waals surface area contributed by atoms with Crippen LogP contribution in [0, 0.1) is 0 Å². The van der Waals surface area contributed by atoms with Crippen LogP contribution in [-0.2, 0) is 11.2 Å². The van der Waals surface area contributed by atoms with E-state index in [0.717, 1.165) is 5.56 Å². The molecule has 2 aromatic carbocycles. The number of rotatable bonds is 7. The first kappa shape index (κ1) is 20.6. The van der Waals surface area contributed by atoms with E-state index in [0.29, 0.717) is 27.3 Å². The average molecular weight is 432 g/mol. The third kappa shape index (κ3) is 5.24. The van der Waals surface area contributed by atoms with Crippen molar-refractivity contribution in [1.82, 2.24) is 4.98 Å². The molecule has 0 saturated carbocycles. The van der Waals surface area contributed by atoms with Gasteiger partial charge in [-0.25, -0.2) is 4.98 Å². The standard InChI is InChI=1S/C20H18ClN3O4S/c1-27-16-10-14(17(28-2)9-13(16)21)22-19(26)15-11-29-20(23-15)24-18(25)8-12-6-4-3-5-7-12/h3-7,9-11H,8H2,1-2H3,(H,22,26)(H,23,24,25). The molecule has 3 aromatic rings. The molecule has 29 heavy (non-hydrogen) atoms. The molecule has 0 bridgehead atoms. The number of anilines is 2. The van der Waals surface area contributed by atoms with Crippen molar-refractivity contribution in [2.24, 2.45) is 0 Å². The van der Waals surface area contributed by atoms with Crippen molar-refractivity contribution in [3.8, 4) is 11.5 Å². The first-order valence-corrected chi connectivity index (χ1v) is 9.78. The van der Waals surface area contributed by atoms with Gasteiger partial charge in [0.2, 0.25) is 5.91 Å². The highest BCUT2D eigenvalue weighted by atomic mass is 35.5. The molecule has 0 aliphatic rings. The van der Waals surface area contributed by atoms with Gasteiger partial charge in [0.15, 0.2) is 5.13 Å². The minimum absolute atomic E-state index is 0.168. The predicted molar refractivity (Wildman–Crippen MR) is 113 cm³/mol. The maximum absolute atomic E-state index is 12.5. The number of thiazole rings is 1. The van der Waals surface area contributed by atoms with Gasteiger partial charge >= 0.3 is 0 Å². The lowest BCUT2D eigenvalue weighted by atomic mass is 10.1. The molecule has 2 N–H and O–H groups in total. The highest BCUT2D eigenvalue weighted by molar-refractivity contribution is 7.14. The molecule has 0 spiro atoms. The van der Waals surface area contributed by atoms with E-state index in [2.05, 4.69) is 15.6 Å². The lowest BCUT2D eigenvalue weighted by Crippen LogP contribution is -2.16. The van der Waals surface area contributed by atoms with Crippen LogP contribution in [0.3, 0.4) is 0 Å². The summed E-state index contributed by atoms with van der Waals surface area (Å²) in [5, 5.41) is 7.69. The molecule has 2 amide bonds. The summed E-state index contributed by atoms with van der Waals surface area (Å²) in [7, 11) is 2.95. The van der Waals surface area contributed by atoms with Gasteiger partial charge in [0.1, 0.15) is 17.2 Å². The fourth-order valence-corrected chi connectivity index (χ4v) is 3.46. The summed E-state index contributed by atoms with van der Waals surface area (Å²) >= 11 is 7.24. The van der Waals surface area contributed by atoms with Gasteiger partial charge in [-0.05, 0) is 5.56 Å². The third-order valence-corrected chi connectivity index (χ3v) is 4.97. The molecule has 0 unspecified atom stereocenters. The van der Waals surface area contributed by atoms with Gasteiger partial charge in [0.25, 0.3) is 5.91 Å². The van der Waals surface area contributed by atoms with Crippen LogP contribution in [0.5, 0.6) is 11.5 Å². The Morgan fingerprint density at radius 3 is 2.48 bits per heavy atom. The van der Waals surface area contributed by atoms with E-state index in [4.69, 9.17) is 21.1 Å². The highest BCUT2D eigenvalue weighted by Crippen LogP contribution is 2.36. The summed E-state index contributed by atoms with van der Waals surface area (Å²) in [5.41, 5.74) is 1.45. The SMILES string of the molecule is COc1cc(NC(=O)c2csc(NC(=O)Cc3ccccc3)n2)c(OC)cc1Cl. The number of ether oxygens (including phenoxy) is 2. The summed E-state index contributed by atoms with van der Waals surface area (Å²) in [4.78, 5) is 28.9. The molecule has 7 nitrogen and oxygen atoms in total. The molecule has 0 aliphatic carbocycles. The quantitative estimate of drug-likeness (QED) is 0.583. The molecule has 3 rings (SSSR count). The van der Waals surface area contributed by atoms with Gasteiger partial charge in [-0.3, -0.25) is 9.59 Å². The number of benzene rings is 2. The minimum Gasteiger partial charge on any atom is -0.495 e. The van der Waals surface area contributed by atoms with Crippen molar-refractivity contribution >= 4 is 45.6 Å². The highest BCUT2D eigenvalue weighted by Gasteiger charge is 2.17. The van der Waals surface area contributed by atoms with E-state index in [1.807, 2.05) is 30.3 Å². The van der Waals surface area contributed by atoms with E-state index in [9.17, 15) is 9.59 Å². The number of methoxy groups -OCH3 is 2. The minimum atomic E-state index is -0.451. The Morgan fingerprint density at radius 1 is 1.07 bits per heavy atom. The number of nitrogens with one attached hydrogen (secondary N) is 2. The molecule has 0 atom stereocenters. The summed E-state index contributed by atoms with van der Waals surface area (Å²) in [5.74, 6) is 0.125. The molecule has 0 radical (unpaired) electrons. The van der Waals surface area contributed by atoms with E-state index in [-0.39, 0.29) is 18.0 Å². The second-order valence-corrected chi connectivity index (χ2v) is 7.15. The van der Waals surface area contributed by atoms with Gasteiger partial charge < -0.3 is 20.1 Å². The van der Waals surface area contributed by atoms with Crippen LogP contribution in [0.25, 0.3) is 0 Å². The maximum atomic E-state index is 12.5. The monoisotopic (exact) mass is 431 g/mol. The van der Waals surface area contributed by atoms with Crippen molar-refractivity contribution in [2.45, 2.75) is 6.42 Å². The molecule has 0 fully saturated rings. The van der Waals surface area contributed by atoms with Crippen LogP contribution in [0.4, 0.5) is 10.8 Å². The number of carbonyl (C=O) groups excluding carboxylic acids is 2. The number of aromatic nitrogens is 1. The van der Waals surface area contributed by atoms with Crippen LogP contribution in [0.2, 0.25) is 5.02 Å². The van der Waals surface area contributed by atoms with Crippen molar-refractivity contribution < 1.29 is 19.1 Å². The maximum Gasteiger partial charge on any atom is 0.275 e. The van der Waals surface area contributed by atoms with Gasteiger partial charge in [-0.15, -0.1) is 11.3 Å². The largest absolute Gasteiger partial charge is 0.495 e. The van der Waals surface area contributed by atoms with Gasteiger partial charge in [-0.1, -0.05) is 41.9 Å². The second-order valence-electron chi connectivity index (χ2n) is 5.89. The zero-order valence-electron chi connectivity index (χ0n) is 15.7. The van der Waals surface area contributed by atoms with E-state index >= 15 is 0 Å². The van der Waals surface area contributed by atoms with Crippen LogP contribution in [0.1, 0.15) is 16.1 Å². The number of hydrogen-bond donors (Lipinski definition) is 2. The number of amides is 2. The third-order valence-electron chi connectivity index (χ3n) is 3.91. The predicted octanol–water partition coefficient (Wildman–Crippen LogP) is 4.25. The Morgan fingerprint density at radius 2 is 1.79 bits per heavy atom. The lowest BCUT2D eigenvalue weighted by Gasteiger charge is -2.12. The normalized spacial score (nSPS) is 10.3. The van der Waals surface area contributed by atoms with Gasteiger partial charge in [-0.2, -0.15) is 0 Å². The Balaban J connectivity index is 1.67. The summed E-state index contributed by atoms with van der Waals surface area (Å²) in [6.07, 6.45) is 0.226. The zero-order chi connectivity index (χ0) is 20.8. The number of nitrogens with zero attached hydrogens (tertiary/aromatic N) is 1. The van der Waals surface area contributed by atoms with Gasteiger partial charge in [0.05, 0.1) is 31.4 Å². The number of carbonyl (C=O) groups is 2. The first-order valence-electron chi connectivity index (χ1n) is 8.52. The van der Waals surface area contributed by atoms with E-state index < -0.39 is 5.91 Å². The molecule has 1 aromatic heterocycles. The van der Waals surface area contributed by atoms with Crippen LogP contribution >= 0.6 is 22.9 Å². The Hall–Kier alpha value is -3.10. The van der Waals surface area contributed by atoms with E-state index in [1.54, 1.807) is 17.5 Å². The summed E-state index contributed by atoms with van der Waals surface area (Å²) in [6.45, 7) is 0. The molecular formula is C20H18ClN3O4S. The first-order chi connectivity index (χ1) is 14.0. The molecule has 150 valence electrons. The Bertz CT molecular complexity index is 1020.